The van der Waals surface area contributed by atoms with Gasteiger partial charge in [0, 0.05) is 11.1 Å². The van der Waals surface area contributed by atoms with Gasteiger partial charge in [-0.25, -0.2) is 4.98 Å². The predicted molar refractivity (Wildman–Crippen MR) is 89.1 cm³/mol. The van der Waals surface area contributed by atoms with Gasteiger partial charge in [0.1, 0.15) is 0 Å². The van der Waals surface area contributed by atoms with E-state index in [0.717, 1.165) is 32.5 Å². The molecule has 4 rings (SSSR count). The van der Waals surface area contributed by atoms with E-state index in [9.17, 15) is 0 Å². The van der Waals surface area contributed by atoms with Crippen molar-refractivity contribution in [3.05, 3.63) is 54.2 Å². The van der Waals surface area contributed by atoms with Crippen LogP contribution in [-0.2, 0) is 0 Å². The highest BCUT2D eigenvalue weighted by Gasteiger charge is 2.07. The van der Waals surface area contributed by atoms with Crippen molar-refractivity contribution in [3.8, 4) is 0 Å². The van der Waals surface area contributed by atoms with Gasteiger partial charge in [-0.1, -0.05) is 18.2 Å². The van der Waals surface area contributed by atoms with Gasteiger partial charge in [-0.05, 0) is 24.3 Å². The number of nitrogens with zero attached hydrogens (tertiary/aromatic N) is 2. The number of fused-ring (bicyclic) bond motifs is 2. The first-order valence-electron chi connectivity index (χ1n) is 6.55. The first-order chi connectivity index (χ1) is 10.3. The fraction of sp³-hybridized carbons (Fsp3) is 0. The minimum absolute atomic E-state index is 0.637. The zero-order valence-corrected chi connectivity index (χ0v) is 11.9. The number of anilines is 3. The van der Waals surface area contributed by atoms with E-state index in [-0.39, 0.29) is 0 Å². The number of rotatable bonds is 2. The lowest BCUT2D eigenvalue weighted by molar-refractivity contribution is 1.41. The number of nitrogen functional groups attached to an aromatic ring is 1. The summed E-state index contributed by atoms with van der Waals surface area (Å²) in [6.07, 6.45) is 1.69. The number of benzene rings is 2. The third kappa shape index (κ3) is 2.08. The van der Waals surface area contributed by atoms with Crippen molar-refractivity contribution in [1.82, 2.24) is 9.97 Å². The molecular formula is C16H12N4S. The largest absolute Gasteiger partial charge is 0.396 e. The average Bonchev–Trinajstić information content (AvgIpc) is 2.98. The Kier molecular flexibility index (Phi) is 2.72. The van der Waals surface area contributed by atoms with Crippen LogP contribution in [0.25, 0.3) is 21.1 Å². The van der Waals surface area contributed by atoms with E-state index < -0.39 is 0 Å². The van der Waals surface area contributed by atoms with Crippen LogP contribution in [0.1, 0.15) is 0 Å². The van der Waals surface area contributed by atoms with Gasteiger partial charge in [0.25, 0.3) is 0 Å². The minimum atomic E-state index is 0.637. The molecule has 0 fully saturated rings. The van der Waals surface area contributed by atoms with Crippen LogP contribution in [0.3, 0.4) is 0 Å². The highest BCUT2D eigenvalue weighted by Crippen LogP contribution is 2.32. The predicted octanol–water partition coefficient (Wildman–Crippen LogP) is 4.17. The van der Waals surface area contributed by atoms with Crippen LogP contribution in [0.15, 0.2) is 54.2 Å². The Morgan fingerprint density at radius 2 is 1.90 bits per heavy atom. The molecule has 0 spiro atoms. The normalized spacial score (nSPS) is 11.0. The fourth-order valence-electron chi connectivity index (χ4n) is 2.37. The Morgan fingerprint density at radius 1 is 1.00 bits per heavy atom. The maximum atomic E-state index is 6.09. The zero-order valence-electron chi connectivity index (χ0n) is 11.1. The summed E-state index contributed by atoms with van der Waals surface area (Å²) in [6, 6.07) is 14.1. The quantitative estimate of drug-likeness (QED) is 0.582. The molecule has 0 bridgehead atoms. The average molecular weight is 292 g/mol. The summed E-state index contributed by atoms with van der Waals surface area (Å²) in [4.78, 5) is 8.64. The molecule has 0 aliphatic rings. The lowest BCUT2D eigenvalue weighted by Gasteiger charge is -2.12. The van der Waals surface area contributed by atoms with E-state index in [1.165, 1.54) is 0 Å². The van der Waals surface area contributed by atoms with Gasteiger partial charge in [0.2, 0.25) is 0 Å². The summed E-state index contributed by atoms with van der Waals surface area (Å²) < 4.78 is 1.15. The van der Waals surface area contributed by atoms with Gasteiger partial charge in [0.05, 0.1) is 38.8 Å². The number of para-hydroxylation sites is 1. The van der Waals surface area contributed by atoms with Crippen molar-refractivity contribution in [2.45, 2.75) is 0 Å². The Morgan fingerprint density at radius 3 is 2.86 bits per heavy atom. The van der Waals surface area contributed by atoms with E-state index in [1.54, 1.807) is 17.5 Å². The highest BCUT2D eigenvalue weighted by atomic mass is 32.1. The van der Waals surface area contributed by atoms with Crippen molar-refractivity contribution in [1.29, 1.82) is 0 Å². The number of thiazole rings is 1. The Hall–Kier alpha value is -2.66. The van der Waals surface area contributed by atoms with Crippen LogP contribution in [0, 0.1) is 0 Å². The lowest BCUT2D eigenvalue weighted by atomic mass is 10.1. The van der Waals surface area contributed by atoms with Crippen molar-refractivity contribution in [2.24, 2.45) is 0 Å². The molecule has 4 aromatic rings. The SMILES string of the molecule is Nc1cnc2ccccc2c1Nc1ccc2ncsc2c1. The number of hydrogen-bond donors (Lipinski definition) is 2. The van der Waals surface area contributed by atoms with Gasteiger partial charge in [-0.3, -0.25) is 4.98 Å². The van der Waals surface area contributed by atoms with E-state index >= 15 is 0 Å². The summed E-state index contributed by atoms with van der Waals surface area (Å²) in [6.45, 7) is 0. The van der Waals surface area contributed by atoms with E-state index in [4.69, 9.17) is 5.73 Å². The minimum Gasteiger partial charge on any atom is -0.396 e. The molecular weight excluding hydrogens is 280 g/mol. The lowest BCUT2D eigenvalue weighted by Crippen LogP contribution is -1.98. The topological polar surface area (TPSA) is 63.8 Å². The van der Waals surface area contributed by atoms with E-state index in [1.807, 2.05) is 41.9 Å². The number of nitrogens with two attached hydrogens (primary N) is 1. The zero-order chi connectivity index (χ0) is 14.2. The van der Waals surface area contributed by atoms with E-state index in [2.05, 4.69) is 21.4 Å². The molecule has 5 heteroatoms. The molecule has 2 heterocycles. The maximum Gasteiger partial charge on any atom is 0.0813 e. The summed E-state index contributed by atoms with van der Waals surface area (Å²) in [5, 5.41) is 4.43. The molecule has 0 unspecified atom stereocenters. The molecule has 0 aliphatic carbocycles. The van der Waals surface area contributed by atoms with E-state index in [0.29, 0.717) is 5.69 Å². The summed E-state index contributed by atoms with van der Waals surface area (Å²) in [5.41, 5.74) is 12.4. The van der Waals surface area contributed by atoms with Crippen molar-refractivity contribution in [3.63, 3.8) is 0 Å². The fourth-order valence-corrected chi connectivity index (χ4v) is 3.09. The third-order valence-corrected chi connectivity index (χ3v) is 4.20. The summed E-state index contributed by atoms with van der Waals surface area (Å²) >= 11 is 1.63. The van der Waals surface area contributed by atoms with Crippen LogP contribution in [0.4, 0.5) is 17.1 Å². The molecule has 0 atom stereocenters. The number of nitrogens with one attached hydrogen (secondary N) is 1. The first-order valence-corrected chi connectivity index (χ1v) is 7.43. The smallest absolute Gasteiger partial charge is 0.0813 e. The van der Waals surface area contributed by atoms with Crippen molar-refractivity contribution in [2.75, 3.05) is 11.1 Å². The number of aromatic nitrogens is 2. The first kappa shape index (κ1) is 12.1. The molecule has 2 aromatic carbocycles. The second-order valence-electron chi connectivity index (χ2n) is 4.77. The van der Waals surface area contributed by atoms with Crippen molar-refractivity contribution >= 4 is 49.5 Å². The Bertz CT molecular complexity index is 945. The molecule has 0 radical (unpaired) electrons. The second-order valence-corrected chi connectivity index (χ2v) is 5.65. The summed E-state index contributed by atoms with van der Waals surface area (Å²) in [5.74, 6) is 0. The van der Waals surface area contributed by atoms with Crippen LogP contribution in [0.5, 0.6) is 0 Å². The Labute approximate surface area is 125 Å². The maximum absolute atomic E-state index is 6.09. The molecule has 0 amide bonds. The van der Waals surface area contributed by atoms with Gasteiger partial charge in [-0.2, -0.15) is 0 Å². The van der Waals surface area contributed by atoms with Gasteiger partial charge >= 0.3 is 0 Å². The Balaban J connectivity index is 1.84. The summed E-state index contributed by atoms with van der Waals surface area (Å²) in [7, 11) is 0. The van der Waals surface area contributed by atoms with Crippen molar-refractivity contribution < 1.29 is 0 Å². The van der Waals surface area contributed by atoms with Crippen LogP contribution in [0.2, 0.25) is 0 Å². The molecule has 102 valence electrons. The van der Waals surface area contributed by atoms with Crippen LogP contribution >= 0.6 is 11.3 Å². The molecule has 0 saturated carbocycles. The number of hydrogen-bond acceptors (Lipinski definition) is 5. The van der Waals surface area contributed by atoms with Crippen LogP contribution in [-0.4, -0.2) is 9.97 Å². The van der Waals surface area contributed by atoms with Gasteiger partial charge in [0.15, 0.2) is 0 Å². The molecule has 2 aromatic heterocycles. The molecule has 4 nitrogen and oxygen atoms in total. The van der Waals surface area contributed by atoms with Gasteiger partial charge < -0.3 is 11.1 Å². The molecule has 0 saturated heterocycles. The monoisotopic (exact) mass is 292 g/mol. The second kappa shape index (κ2) is 4.71. The third-order valence-electron chi connectivity index (χ3n) is 3.41. The molecule has 3 N–H and O–H groups in total. The standard InChI is InChI=1S/C16H12N4S/c17-12-8-18-13-4-2-1-3-11(13)16(12)20-10-5-6-14-15(7-10)21-9-19-14/h1-9H,17H2,(H,18,20). The van der Waals surface area contributed by atoms with Crippen LogP contribution < -0.4 is 11.1 Å². The molecule has 21 heavy (non-hydrogen) atoms. The number of pyridine rings is 1. The molecule has 0 aliphatic heterocycles. The van der Waals surface area contributed by atoms with Gasteiger partial charge in [-0.15, -0.1) is 11.3 Å². The highest BCUT2D eigenvalue weighted by molar-refractivity contribution is 7.16.